The van der Waals surface area contributed by atoms with Crippen LogP contribution in [0.3, 0.4) is 0 Å². The highest BCUT2D eigenvalue weighted by Gasteiger charge is 2.38. The molecule has 1 aromatic carbocycles. The van der Waals surface area contributed by atoms with E-state index in [1.54, 1.807) is 7.11 Å². The van der Waals surface area contributed by atoms with Gasteiger partial charge in [0, 0.05) is 10.0 Å². The van der Waals surface area contributed by atoms with Crippen LogP contribution < -0.4 is 15.2 Å². The number of hydrogen-bond donors (Lipinski definition) is 1. The Balaban J connectivity index is 1.77. The molecule has 3 rings (SSSR count). The Morgan fingerprint density at radius 3 is 2.63 bits per heavy atom. The normalized spacial score (nSPS) is 20.2. The molecule has 0 amide bonds. The van der Waals surface area contributed by atoms with Crippen molar-refractivity contribution in [3.05, 3.63) is 22.2 Å². The maximum Gasteiger partial charge on any atom is 0.162 e. The average Bonchev–Trinajstić information content (AvgIpc) is 3.28. The summed E-state index contributed by atoms with van der Waals surface area (Å²) < 4.78 is 12.4. The van der Waals surface area contributed by atoms with Crippen LogP contribution in [0.2, 0.25) is 0 Å². The van der Waals surface area contributed by atoms with Crippen LogP contribution >= 0.6 is 15.9 Å². The van der Waals surface area contributed by atoms with E-state index in [-0.39, 0.29) is 5.54 Å². The van der Waals surface area contributed by atoms with Gasteiger partial charge < -0.3 is 15.2 Å². The van der Waals surface area contributed by atoms with Crippen molar-refractivity contribution in [3.63, 3.8) is 0 Å². The molecule has 0 saturated heterocycles. The summed E-state index contributed by atoms with van der Waals surface area (Å²) in [7, 11) is 1.69. The van der Waals surface area contributed by atoms with E-state index in [4.69, 9.17) is 15.2 Å². The lowest BCUT2D eigenvalue weighted by Crippen LogP contribution is -2.24. The van der Waals surface area contributed by atoms with Crippen LogP contribution in [0.15, 0.2) is 16.6 Å². The van der Waals surface area contributed by atoms with Crippen molar-refractivity contribution in [2.75, 3.05) is 13.7 Å². The molecule has 2 saturated carbocycles. The van der Waals surface area contributed by atoms with Crippen molar-refractivity contribution in [2.24, 2.45) is 11.7 Å². The molecule has 2 aliphatic rings. The van der Waals surface area contributed by atoms with Crippen LogP contribution in [-0.4, -0.2) is 19.3 Å². The van der Waals surface area contributed by atoms with E-state index >= 15 is 0 Å². The van der Waals surface area contributed by atoms with Crippen LogP contribution in [-0.2, 0) is 6.42 Å². The van der Waals surface area contributed by atoms with Gasteiger partial charge in [-0.15, -0.1) is 0 Å². The molecule has 1 aromatic rings. The summed E-state index contributed by atoms with van der Waals surface area (Å²) in [5.41, 5.74) is 7.40. The summed E-state index contributed by atoms with van der Waals surface area (Å²) in [5, 5.41) is 0. The van der Waals surface area contributed by atoms with Crippen molar-refractivity contribution in [2.45, 2.75) is 37.6 Å². The first kappa shape index (κ1) is 13.3. The minimum Gasteiger partial charge on any atom is -0.493 e. The fraction of sp³-hybridized carbons (Fsp3) is 0.600. The smallest absolute Gasteiger partial charge is 0.162 e. The Morgan fingerprint density at radius 1 is 1.32 bits per heavy atom. The van der Waals surface area contributed by atoms with Crippen molar-refractivity contribution in [3.8, 4) is 11.5 Å². The fourth-order valence-electron chi connectivity index (χ4n) is 2.19. The quantitative estimate of drug-likeness (QED) is 0.872. The molecule has 0 unspecified atom stereocenters. The first-order valence-corrected chi connectivity index (χ1v) is 7.67. The molecule has 4 heteroatoms. The van der Waals surface area contributed by atoms with E-state index in [2.05, 4.69) is 22.0 Å². The highest BCUT2D eigenvalue weighted by molar-refractivity contribution is 9.10. The van der Waals surface area contributed by atoms with Gasteiger partial charge in [0.1, 0.15) is 0 Å². The van der Waals surface area contributed by atoms with E-state index < -0.39 is 0 Å². The topological polar surface area (TPSA) is 44.5 Å². The Bertz CT molecular complexity index is 481. The molecule has 0 spiro atoms. The Hall–Kier alpha value is -0.740. The molecule has 0 heterocycles. The summed E-state index contributed by atoms with van der Waals surface area (Å²) in [4.78, 5) is 0. The standard InChI is InChI=1S/C15H20BrNO2/c1-18-13-6-11(8-15(17)4-5-15)12(16)7-14(13)19-9-10-2-3-10/h6-7,10H,2-5,8-9,17H2,1H3. The molecule has 0 bridgehead atoms. The van der Waals surface area contributed by atoms with Gasteiger partial charge in [0.05, 0.1) is 13.7 Å². The molecule has 0 aliphatic heterocycles. The van der Waals surface area contributed by atoms with E-state index in [1.807, 2.05) is 6.07 Å². The zero-order chi connectivity index (χ0) is 13.5. The van der Waals surface area contributed by atoms with Crippen LogP contribution in [0, 0.1) is 5.92 Å². The average molecular weight is 326 g/mol. The first-order valence-electron chi connectivity index (χ1n) is 6.88. The van der Waals surface area contributed by atoms with Crippen LogP contribution in [0.1, 0.15) is 31.2 Å². The molecule has 0 atom stereocenters. The van der Waals surface area contributed by atoms with E-state index in [9.17, 15) is 0 Å². The van der Waals surface area contributed by atoms with Crippen molar-refractivity contribution in [1.29, 1.82) is 0 Å². The monoisotopic (exact) mass is 325 g/mol. The van der Waals surface area contributed by atoms with Gasteiger partial charge >= 0.3 is 0 Å². The molecule has 2 fully saturated rings. The minimum atomic E-state index is 0.00389. The SMILES string of the molecule is COc1cc(CC2(N)CC2)c(Br)cc1OCC1CC1. The predicted molar refractivity (Wildman–Crippen MR) is 78.8 cm³/mol. The predicted octanol–water partition coefficient (Wildman–Crippen LogP) is 3.28. The zero-order valence-electron chi connectivity index (χ0n) is 11.2. The second-order valence-corrected chi connectivity index (χ2v) is 6.74. The van der Waals surface area contributed by atoms with E-state index in [1.165, 1.54) is 18.4 Å². The van der Waals surface area contributed by atoms with E-state index in [0.717, 1.165) is 47.8 Å². The van der Waals surface area contributed by atoms with Crippen LogP contribution in [0.4, 0.5) is 0 Å². The highest BCUT2D eigenvalue weighted by atomic mass is 79.9. The van der Waals surface area contributed by atoms with Gasteiger partial charge in [-0.3, -0.25) is 0 Å². The zero-order valence-corrected chi connectivity index (χ0v) is 12.8. The summed E-state index contributed by atoms with van der Waals surface area (Å²) in [6.07, 6.45) is 5.70. The van der Waals surface area contributed by atoms with Crippen molar-refractivity contribution >= 4 is 15.9 Å². The van der Waals surface area contributed by atoms with Crippen LogP contribution in [0.5, 0.6) is 11.5 Å². The Labute approximate surface area is 122 Å². The number of rotatable bonds is 6. The summed E-state index contributed by atoms with van der Waals surface area (Å²) in [6, 6.07) is 4.07. The van der Waals surface area contributed by atoms with Crippen molar-refractivity contribution < 1.29 is 9.47 Å². The van der Waals surface area contributed by atoms with Gasteiger partial charge in [0.2, 0.25) is 0 Å². The van der Waals surface area contributed by atoms with Gasteiger partial charge in [-0.1, -0.05) is 15.9 Å². The number of ether oxygens (including phenoxy) is 2. The maximum atomic E-state index is 6.19. The molecule has 104 valence electrons. The lowest BCUT2D eigenvalue weighted by atomic mass is 10.0. The summed E-state index contributed by atoms with van der Waals surface area (Å²) >= 11 is 3.62. The third-order valence-corrected chi connectivity index (χ3v) is 4.68. The number of methoxy groups -OCH3 is 1. The molecular weight excluding hydrogens is 306 g/mol. The number of halogens is 1. The van der Waals surface area contributed by atoms with Gasteiger partial charge in [-0.2, -0.15) is 0 Å². The van der Waals surface area contributed by atoms with E-state index in [0.29, 0.717) is 0 Å². The lowest BCUT2D eigenvalue weighted by molar-refractivity contribution is 0.280. The molecular formula is C15H20BrNO2. The second kappa shape index (κ2) is 4.98. The first-order chi connectivity index (χ1) is 9.09. The molecule has 19 heavy (non-hydrogen) atoms. The maximum absolute atomic E-state index is 6.19. The Kier molecular flexibility index (Phi) is 3.48. The van der Waals surface area contributed by atoms with Crippen LogP contribution in [0.25, 0.3) is 0 Å². The van der Waals surface area contributed by atoms with Gasteiger partial charge in [0.15, 0.2) is 11.5 Å². The lowest BCUT2D eigenvalue weighted by Gasteiger charge is -2.16. The molecule has 0 aromatic heterocycles. The molecule has 2 aliphatic carbocycles. The molecule has 3 nitrogen and oxygen atoms in total. The minimum absolute atomic E-state index is 0.00389. The second-order valence-electron chi connectivity index (χ2n) is 5.89. The molecule has 0 radical (unpaired) electrons. The largest absolute Gasteiger partial charge is 0.493 e. The number of hydrogen-bond acceptors (Lipinski definition) is 3. The fourth-order valence-corrected chi connectivity index (χ4v) is 2.66. The third-order valence-electron chi connectivity index (χ3n) is 3.94. The molecule has 2 N–H and O–H groups in total. The number of nitrogens with two attached hydrogens (primary N) is 1. The Morgan fingerprint density at radius 2 is 2.05 bits per heavy atom. The summed E-state index contributed by atoms with van der Waals surface area (Å²) in [6.45, 7) is 0.795. The van der Waals surface area contributed by atoms with Gasteiger partial charge in [0.25, 0.3) is 0 Å². The van der Waals surface area contributed by atoms with Gasteiger partial charge in [-0.25, -0.2) is 0 Å². The van der Waals surface area contributed by atoms with Gasteiger partial charge in [-0.05, 0) is 55.7 Å². The number of benzene rings is 1. The highest BCUT2D eigenvalue weighted by Crippen LogP contribution is 2.41. The summed E-state index contributed by atoms with van der Waals surface area (Å²) in [5.74, 6) is 2.37. The van der Waals surface area contributed by atoms with Crippen molar-refractivity contribution in [1.82, 2.24) is 0 Å². The third kappa shape index (κ3) is 3.23.